The predicted octanol–water partition coefficient (Wildman–Crippen LogP) is 3.00. The van der Waals surface area contributed by atoms with Gasteiger partial charge >= 0.3 is 0 Å². The van der Waals surface area contributed by atoms with E-state index < -0.39 is 11.9 Å². The fourth-order valence-electron chi connectivity index (χ4n) is 2.51. The highest BCUT2D eigenvalue weighted by atomic mass is 35.5. The van der Waals surface area contributed by atoms with Gasteiger partial charge in [-0.3, -0.25) is 0 Å². The van der Waals surface area contributed by atoms with Crippen LogP contribution in [0.2, 0.25) is 5.02 Å². The summed E-state index contributed by atoms with van der Waals surface area (Å²) in [6.45, 7) is 2.88. The lowest BCUT2D eigenvalue weighted by Gasteiger charge is -2.17. The van der Waals surface area contributed by atoms with Crippen LogP contribution in [0.1, 0.15) is 26.2 Å². The second-order valence-corrected chi connectivity index (χ2v) is 5.97. The molecule has 0 spiro atoms. The first-order valence-corrected chi connectivity index (χ1v) is 7.41. The van der Waals surface area contributed by atoms with E-state index in [0.29, 0.717) is 18.3 Å². The Morgan fingerprint density at radius 3 is 2.95 bits per heavy atom. The maximum absolute atomic E-state index is 13.2. The van der Waals surface area contributed by atoms with Crippen molar-refractivity contribution in [1.29, 1.82) is 0 Å². The SMILES string of the molecule is CC1CC[C@H](NC[C@H](O)COc2ccc(Cl)c(F)c2)C1. The molecule has 0 aliphatic heterocycles. The summed E-state index contributed by atoms with van der Waals surface area (Å²) in [6.07, 6.45) is 2.96. The van der Waals surface area contributed by atoms with Gasteiger partial charge in [-0.2, -0.15) is 0 Å². The quantitative estimate of drug-likeness (QED) is 0.849. The van der Waals surface area contributed by atoms with Gasteiger partial charge in [0, 0.05) is 18.7 Å². The van der Waals surface area contributed by atoms with Gasteiger partial charge in [0.2, 0.25) is 0 Å². The van der Waals surface area contributed by atoms with Gasteiger partial charge in [-0.15, -0.1) is 0 Å². The monoisotopic (exact) mass is 301 g/mol. The lowest BCUT2D eigenvalue weighted by atomic mass is 10.1. The van der Waals surface area contributed by atoms with E-state index in [2.05, 4.69) is 12.2 Å². The number of aliphatic hydroxyl groups excluding tert-OH is 1. The van der Waals surface area contributed by atoms with Crippen molar-refractivity contribution in [3.8, 4) is 5.75 Å². The molecule has 3 atom stereocenters. The van der Waals surface area contributed by atoms with Gasteiger partial charge in [0.25, 0.3) is 0 Å². The molecule has 1 saturated carbocycles. The number of nitrogens with one attached hydrogen (secondary N) is 1. The Morgan fingerprint density at radius 1 is 1.50 bits per heavy atom. The number of halogens is 2. The van der Waals surface area contributed by atoms with Crippen LogP contribution in [0.5, 0.6) is 5.75 Å². The topological polar surface area (TPSA) is 41.5 Å². The Kier molecular flexibility index (Phi) is 5.64. The number of rotatable bonds is 6. The summed E-state index contributed by atoms with van der Waals surface area (Å²) in [6, 6.07) is 4.75. The summed E-state index contributed by atoms with van der Waals surface area (Å²) in [5, 5.41) is 13.3. The number of aliphatic hydroxyl groups is 1. The van der Waals surface area contributed by atoms with Crippen LogP contribution in [0.3, 0.4) is 0 Å². The Morgan fingerprint density at radius 2 is 2.30 bits per heavy atom. The summed E-state index contributed by atoms with van der Waals surface area (Å²) in [5.41, 5.74) is 0. The van der Waals surface area contributed by atoms with Crippen LogP contribution in [0.25, 0.3) is 0 Å². The van der Waals surface area contributed by atoms with E-state index in [1.165, 1.54) is 18.6 Å². The van der Waals surface area contributed by atoms with Crippen molar-refractivity contribution < 1.29 is 14.2 Å². The van der Waals surface area contributed by atoms with Crippen molar-refractivity contribution in [3.63, 3.8) is 0 Å². The first-order valence-electron chi connectivity index (χ1n) is 7.04. The van der Waals surface area contributed by atoms with Crippen LogP contribution in [0.15, 0.2) is 18.2 Å². The number of hydrogen-bond donors (Lipinski definition) is 2. The molecule has 1 aliphatic rings. The summed E-state index contributed by atoms with van der Waals surface area (Å²) < 4.78 is 18.6. The van der Waals surface area contributed by atoms with Gasteiger partial charge < -0.3 is 15.2 Å². The molecule has 3 nitrogen and oxygen atoms in total. The molecule has 0 radical (unpaired) electrons. The summed E-state index contributed by atoms with van der Waals surface area (Å²) in [5.74, 6) is 0.620. The molecule has 5 heteroatoms. The third-order valence-corrected chi connectivity index (χ3v) is 3.98. The standard InChI is InChI=1S/C15H21ClFNO2/c1-10-2-3-11(6-10)18-8-12(19)9-20-13-4-5-14(16)15(17)7-13/h4-5,7,10-12,18-19H,2-3,6,8-9H2,1H3/t10?,11-,12-/m0/s1. The Labute approximate surface area is 124 Å². The third kappa shape index (κ3) is 4.62. The zero-order valence-corrected chi connectivity index (χ0v) is 12.4. The zero-order chi connectivity index (χ0) is 14.5. The summed E-state index contributed by atoms with van der Waals surface area (Å²) in [4.78, 5) is 0. The fraction of sp³-hybridized carbons (Fsp3) is 0.600. The minimum atomic E-state index is -0.607. The molecule has 0 saturated heterocycles. The smallest absolute Gasteiger partial charge is 0.145 e. The maximum atomic E-state index is 13.2. The molecular formula is C15H21ClFNO2. The average Bonchev–Trinajstić information content (AvgIpc) is 2.83. The molecule has 1 fully saturated rings. The molecule has 2 N–H and O–H groups in total. The second kappa shape index (κ2) is 7.25. The molecule has 0 aromatic heterocycles. The third-order valence-electron chi connectivity index (χ3n) is 3.67. The number of ether oxygens (including phenoxy) is 1. The van der Waals surface area contributed by atoms with Crippen LogP contribution in [0.4, 0.5) is 4.39 Å². The molecule has 2 rings (SSSR count). The Hall–Kier alpha value is -0.840. The van der Waals surface area contributed by atoms with E-state index in [0.717, 1.165) is 18.8 Å². The number of benzene rings is 1. The van der Waals surface area contributed by atoms with Crippen molar-refractivity contribution in [2.45, 2.75) is 38.3 Å². The summed E-state index contributed by atoms with van der Waals surface area (Å²) >= 11 is 5.59. The van der Waals surface area contributed by atoms with Crippen molar-refractivity contribution >= 4 is 11.6 Å². The van der Waals surface area contributed by atoms with Gasteiger partial charge in [0.05, 0.1) is 5.02 Å². The van der Waals surface area contributed by atoms with Crippen molar-refractivity contribution in [2.75, 3.05) is 13.2 Å². The molecule has 0 bridgehead atoms. The summed E-state index contributed by atoms with van der Waals surface area (Å²) in [7, 11) is 0. The van der Waals surface area contributed by atoms with Gasteiger partial charge in [-0.25, -0.2) is 4.39 Å². The Balaban J connectivity index is 1.69. The van der Waals surface area contributed by atoms with E-state index in [1.54, 1.807) is 6.07 Å². The van der Waals surface area contributed by atoms with Crippen LogP contribution >= 0.6 is 11.6 Å². The fourth-order valence-corrected chi connectivity index (χ4v) is 2.63. The highest BCUT2D eigenvalue weighted by Gasteiger charge is 2.21. The van der Waals surface area contributed by atoms with Crippen LogP contribution < -0.4 is 10.1 Å². The Bertz CT molecular complexity index is 444. The minimum Gasteiger partial charge on any atom is -0.491 e. The molecular weight excluding hydrogens is 281 g/mol. The van der Waals surface area contributed by atoms with Crippen molar-refractivity contribution in [1.82, 2.24) is 5.32 Å². The van der Waals surface area contributed by atoms with Crippen LogP contribution in [-0.4, -0.2) is 30.4 Å². The van der Waals surface area contributed by atoms with E-state index in [9.17, 15) is 9.50 Å². The maximum Gasteiger partial charge on any atom is 0.145 e. The van der Waals surface area contributed by atoms with Crippen LogP contribution in [-0.2, 0) is 0 Å². The van der Waals surface area contributed by atoms with E-state index in [4.69, 9.17) is 16.3 Å². The average molecular weight is 302 g/mol. The van der Waals surface area contributed by atoms with E-state index >= 15 is 0 Å². The van der Waals surface area contributed by atoms with E-state index in [-0.39, 0.29) is 11.6 Å². The van der Waals surface area contributed by atoms with Crippen molar-refractivity contribution in [3.05, 3.63) is 29.0 Å². The molecule has 112 valence electrons. The predicted molar refractivity (Wildman–Crippen MR) is 77.7 cm³/mol. The minimum absolute atomic E-state index is 0.0647. The highest BCUT2D eigenvalue weighted by molar-refractivity contribution is 6.30. The molecule has 0 heterocycles. The zero-order valence-electron chi connectivity index (χ0n) is 11.6. The van der Waals surface area contributed by atoms with Gasteiger partial charge in [-0.05, 0) is 37.3 Å². The lowest BCUT2D eigenvalue weighted by molar-refractivity contribution is 0.103. The van der Waals surface area contributed by atoms with Crippen LogP contribution in [0, 0.1) is 11.7 Å². The van der Waals surface area contributed by atoms with Gasteiger partial charge in [-0.1, -0.05) is 18.5 Å². The molecule has 1 unspecified atom stereocenters. The second-order valence-electron chi connectivity index (χ2n) is 5.56. The molecule has 0 amide bonds. The normalized spacial score (nSPS) is 23.8. The van der Waals surface area contributed by atoms with Crippen molar-refractivity contribution in [2.24, 2.45) is 5.92 Å². The first-order chi connectivity index (χ1) is 9.54. The number of hydrogen-bond acceptors (Lipinski definition) is 3. The molecule has 1 aliphatic carbocycles. The van der Waals surface area contributed by atoms with Gasteiger partial charge in [0.1, 0.15) is 24.3 Å². The first kappa shape index (κ1) is 15.5. The molecule has 20 heavy (non-hydrogen) atoms. The molecule has 1 aromatic rings. The highest BCUT2D eigenvalue weighted by Crippen LogP contribution is 2.24. The molecule has 1 aromatic carbocycles. The lowest BCUT2D eigenvalue weighted by Crippen LogP contribution is -2.36. The largest absolute Gasteiger partial charge is 0.491 e. The van der Waals surface area contributed by atoms with E-state index in [1.807, 2.05) is 0 Å². The van der Waals surface area contributed by atoms with Gasteiger partial charge in [0.15, 0.2) is 0 Å².